The van der Waals surface area contributed by atoms with Crippen LogP contribution in [0.5, 0.6) is 0 Å². The average Bonchev–Trinajstić information content (AvgIpc) is 3.16. The van der Waals surface area contributed by atoms with Crippen LogP contribution in [-0.2, 0) is 0 Å². The van der Waals surface area contributed by atoms with Gasteiger partial charge in [0, 0.05) is 30.8 Å². The summed E-state index contributed by atoms with van der Waals surface area (Å²) in [5, 5.41) is 4.82. The Hall–Kier alpha value is -1.65. The van der Waals surface area contributed by atoms with E-state index in [4.69, 9.17) is 10.1 Å². The monoisotopic (exact) mass is 285 g/mol. The topological polar surface area (TPSA) is 46.3 Å². The molecule has 2 aromatic heterocycles. The molecular weight excluding hydrogens is 262 g/mol. The Morgan fingerprint density at radius 1 is 1.00 bits per heavy atom. The van der Waals surface area contributed by atoms with Gasteiger partial charge >= 0.3 is 0 Å². The average molecular weight is 285 g/mol. The van der Waals surface area contributed by atoms with Crippen molar-refractivity contribution in [2.75, 3.05) is 18.0 Å². The van der Waals surface area contributed by atoms with Crippen LogP contribution < -0.4 is 4.90 Å². The summed E-state index contributed by atoms with van der Waals surface area (Å²) in [5.41, 5.74) is 1.03. The summed E-state index contributed by atoms with van der Waals surface area (Å²) in [6.45, 7) is 4.29. The number of aromatic nitrogens is 4. The minimum absolute atomic E-state index is 0.534. The summed E-state index contributed by atoms with van der Waals surface area (Å²) in [5.74, 6) is 3.49. The Bertz CT molecular complexity index is 635. The zero-order chi connectivity index (χ0) is 14.2. The van der Waals surface area contributed by atoms with Gasteiger partial charge in [-0.1, -0.05) is 19.3 Å². The molecule has 5 nitrogen and oxygen atoms in total. The maximum Gasteiger partial charge on any atom is 0.254 e. The van der Waals surface area contributed by atoms with E-state index in [2.05, 4.69) is 22.9 Å². The Labute approximate surface area is 125 Å². The third-order valence-corrected chi connectivity index (χ3v) is 4.84. The number of aryl methyl sites for hydroxylation is 1. The molecule has 1 saturated carbocycles. The minimum atomic E-state index is 0.534. The van der Waals surface area contributed by atoms with Crippen LogP contribution in [0.2, 0.25) is 0 Å². The van der Waals surface area contributed by atoms with Crippen molar-refractivity contribution in [1.82, 2.24) is 19.6 Å². The predicted octanol–water partition coefficient (Wildman–Crippen LogP) is 3.08. The molecule has 0 aromatic carbocycles. The SMILES string of the molecule is Cc1cc(N2CCCC2)n2nc(C3CCCCC3)nc2n1. The Balaban J connectivity index is 1.76. The molecule has 5 heteroatoms. The van der Waals surface area contributed by atoms with E-state index in [1.165, 1.54) is 50.8 Å². The van der Waals surface area contributed by atoms with Gasteiger partial charge in [-0.2, -0.15) is 9.50 Å². The molecule has 0 N–H and O–H groups in total. The minimum Gasteiger partial charge on any atom is -0.356 e. The largest absolute Gasteiger partial charge is 0.356 e. The van der Waals surface area contributed by atoms with Crippen LogP contribution in [0.25, 0.3) is 5.78 Å². The zero-order valence-electron chi connectivity index (χ0n) is 12.8. The van der Waals surface area contributed by atoms with Gasteiger partial charge in [0.1, 0.15) is 5.82 Å². The van der Waals surface area contributed by atoms with Gasteiger partial charge in [-0.3, -0.25) is 0 Å². The second kappa shape index (κ2) is 5.28. The fraction of sp³-hybridized carbons (Fsp3) is 0.688. The second-order valence-electron chi connectivity index (χ2n) is 6.47. The molecule has 1 aliphatic heterocycles. The summed E-state index contributed by atoms with van der Waals surface area (Å²) < 4.78 is 1.97. The summed E-state index contributed by atoms with van der Waals surface area (Å²) in [4.78, 5) is 11.7. The molecule has 2 aromatic rings. The molecule has 0 unspecified atom stereocenters. The summed E-state index contributed by atoms with van der Waals surface area (Å²) in [6, 6.07) is 2.15. The maximum atomic E-state index is 4.82. The van der Waals surface area contributed by atoms with Crippen molar-refractivity contribution in [3.05, 3.63) is 17.6 Å². The van der Waals surface area contributed by atoms with Gasteiger partial charge in [-0.05, 0) is 32.6 Å². The highest BCUT2D eigenvalue weighted by Gasteiger charge is 2.23. The maximum absolute atomic E-state index is 4.82. The number of rotatable bonds is 2. The molecule has 0 spiro atoms. The highest BCUT2D eigenvalue weighted by atomic mass is 15.4. The lowest BCUT2D eigenvalue weighted by atomic mass is 9.89. The number of anilines is 1. The second-order valence-corrected chi connectivity index (χ2v) is 6.47. The fourth-order valence-electron chi connectivity index (χ4n) is 3.69. The summed E-state index contributed by atoms with van der Waals surface area (Å²) in [6.07, 6.45) is 8.99. The molecule has 0 amide bonds. The third kappa shape index (κ3) is 2.39. The van der Waals surface area contributed by atoms with Crippen LogP contribution in [-0.4, -0.2) is 32.7 Å². The van der Waals surface area contributed by atoms with Crippen LogP contribution in [0.1, 0.15) is 62.4 Å². The quantitative estimate of drug-likeness (QED) is 0.850. The molecule has 1 saturated heterocycles. The van der Waals surface area contributed by atoms with E-state index in [9.17, 15) is 0 Å². The van der Waals surface area contributed by atoms with E-state index in [0.29, 0.717) is 5.92 Å². The number of hydrogen-bond donors (Lipinski definition) is 0. The standard InChI is InChI=1S/C16H23N5/c1-12-11-14(20-9-5-6-10-20)21-16(17-12)18-15(19-21)13-7-3-2-4-8-13/h11,13H,2-10H2,1H3. The van der Waals surface area contributed by atoms with Gasteiger partial charge in [0.25, 0.3) is 5.78 Å². The Morgan fingerprint density at radius 3 is 2.52 bits per heavy atom. The van der Waals surface area contributed by atoms with E-state index < -0.39 is 0 Å². The predicted molar refractivity (Wildman–Crippen MR) is 82.8 cm³/mol. The van der Waals surface area contributed by atoms with Crippen molar-refractivity contribution in [1.29, 1.82) is 0 Å². The summed E-state index contributed by atoms with van der Waals surface area (Å²) in [7, 11) is 0. The fourth-order valence-corrected chi connectivity index (χ4v) is 3.69. The van der Waals surface area contributed by atoms with Crippen molar-refractivity contribution in [3.63, 3.8) is 0 Å². The van der Waals surface area contributed by atoms with Gasteiger partial charge in [-0.15, -0.1) is 5.10 Å². The van der Waals surface area contributed by atoms with Gasteiger partial charge in [0.15, 0.2) is 5.82 Å². The molecular formula is C16H23N5. The lowest BCUT2D eigenvalue weighted by molar-refractivity contribution is 0.429. The normalized spacial score (nSPS) is 20.5. The molecule has 2 aliphatic rings. The molecule has 0 atom stereocenters. The van der Waals surface area contributed by atoms with Crippen LogP contribution in [0.15, 0.2) is 6.07 Å². The smallest absolute Gasteiger partial charge is 0.254 e. The van der Waals surface area contributed by atoms with Crippen molar-refractivity contribution in [2.45, 2.75) is 57.8 Å². The Kier molecular flexibility index (Phi) is 3.28. The molecule has 3 heterocycles. The first-order chi connectivity index (χ1) is 10.3. The van der Waals surface area contributed by atoms with E-state index >= 15 is 0 Å². The molecule has 0 bridgehead atoms. The molecule has 21 heavy (non-hydrogen) atoms. The van der Waals surface area contributed by atoms with Crippen LogP contribution in [0, 0.1) is 6.92 Å². The van der Waals surface area contributed by atoms with Crippen LogP contribution in [0.4, 0.5) is 5.82 Å². The van der Waals surface area contributed by atoms with Gasteiger partial charge in [0.2, 0.25) is 0 Å². The third-order valence-electron chi connectivity index (χ3n) is 4.84. The lowest BCUT2D eigenvalue weighted by Crippen LogP contribution is -2.21. The first kappa shape index (κ1) is 13.0. The first-order valence-corrected chi connectivity index (χ1v) is 8.30. The van der Waals surface area contributed by atoms with Crippen molar-refractivity contribution in [2.24, 2.45) is 0 Å². The summed E-state index contributed by atoms with van der Waals surface area (Å²) >= 11 is 0. The van der Waals surface area contributed by atoms with E-state index in [-0.39, 0.29) is 0 Å². The number of hydrogen-bond acceptors (Lipinski definition) is 4. The van der Waals surface area contributed by atoms with Crippen LogP contribution >= 0.6 is 0 Å². The van der Waals surface area contributed by atoms with E-state index in [0.717, 1.165) is 30.4 Å². The van der Waals surface area contributed by atoms with Crippen molar-refractivity contribution >= 4 is 11.6 Å². The van der Waals surface area contributed by atoms with E-state index in [1.807, 2.05) is 4.52 Å². The molecule has 112 valence electrons. The Morgan fingerprint density at radius 2 is 1.76 bits per heavy atom. The van der Waals surface area contributed by atoms with Gasteiger partial charge < -0.3 is 4.90 Å². The molecule has 0 radical (unpaired) electrons. The molecule has 4 rings (SSSR count). The van der Waals surface area contributed by atoms with Crippen molar-refractivity contribution < 1.29 is 0 Å². The first-order valence-electron chi connectivity index (χ1n) is 8.30. The highest BCUT2D eigenvalue weighted by molar-refractivity contribution is 5.48. The lowest BCUT2D eigenvalue weighted by Gasteiger charge is -2.19. The number of nitrogens with zero attached hydrogens (tertiary/aromatic N) is 5. The van der Waals surface area contributed by atoms with Gasteiger partial charge in [0.05, 0.1) is 0 Å². The zero-order valence-corrected chi connectivity index (χ0v) is 12.8. The highest BCUT2D eigenvalue weighted by Crippen LogP contribution is 2.31. The number of fused-ring (bicyclic) bond motifs is 1. The van der Waals surface area contributed by atoms with Crippen molar-refractivity contribution in [3.8, 4) is 0 Å². The molecule has 1 aliphatic carbocycles. The molecule has 2 fully saturated rings. The van der Waals surface area contributed by atoms with Gasteiger partial charge in [-0.25, -0.2) is 4.98 Å². The van der Waals surface area contributed by atoms with Crippen LogP contribution in [0.3, 0.4) is 0 Å². The van der Waals surface area contributed by atoms with E-state index in [1.54, 1.807) is 0 Å².